The quantitative estimate of drug-likeness (QED) is 0.599. The maximum Gasteiger partial charge on any atom is 0.306 e. The molecule has 0 aromatic heterocycles. The van der Waals surface area contributed by atoms with Crippen molar-refractivity contribution in [2.75, 3.05) is 13.7 Å². The van der Waals surface area contributed by atoms with E-state index >= 15 is 0 Å². The van der Waals surface area contributed by atoms with Crippen LogP contribution in [0.5, 0.6) is 5.75 Å². The van der Waals surface area contributed by atoms with Crippen LogP contribution in [0.1, 0.15) is 12.0 Å². The third-order valence-electron chi connectivity index (χ3n) is 2.37. The van der Waals surface area contributed by atoms with E-state index in [0.29, 0.717) is 11.3 Å². The second kappa shape index (κ2) is 7.59. The van der Waals surface area contributed by atoms with Gasteiger partial charge < -0.3 is 15.2 Å². The predicted octanol–water partition coefficient (Wildman–Crippen LogP) is 1.19. The topological polar surface area (TPSA) is 99.4 Å². The van der Waals surface area contributed by atoms with Crippen molar-refractivity contribution in [2.24, 2.45) is 0 Å². The Balaban J connectivity index is 2.71. The van der Waals surface area contributed by atoms with Crippen LogP contribution in [-0.2, 0) is 9.59 Å². The van der Waals surface area contributed by atoms with Gasteiger partial charge in [0.15, 0.2) is 0 Å². The Morgan fingerprint density at radius 2 is 2.05 bits per heavy atom. The van der Waals surface area contributed by atoms with Crippen LogP contribution >= 0.6 is 0 Å². The van der Waals surface area contributed by atoms with Crippen LogP contribution in [0, 0.1) is 11.3 Å². The van der Waals surface area contributed by atoms with Gasteiger partial charge in [-0.2, -0.15) is 5.26 Å². The molecule has 6 nitrogen and oxygen atoms in total. The van der Waals surface area contributed by atoms with Gasteiger partial charge in [0.1, 0.15) is 17.4 Å². The number of benzene rings is 1. The van der Waals surface area contributed by atoms with Crippen LogP contribution < -0.4 is 10.1 Å². The molecule has 0 saturated heterocycles. The summed E-state index contributed by atoms with van der Waals surface area (Å²) in [6.07, 6.45) is 1.39. The summed E-state index contributed by atoms with van der Waals surface area (Å²) in [6.45, 7) is 0.0895. The number of amides is 1. The minimum absolute atomic E-state index is 0.00652. The van der Waals surface area contributed by atoms with Crippen molar-refractivity contribution >= 4 is 18.0 Å². The average Bonchev–Trinajstić information content (AvgIpc) is 2.45. The molecule has 20 heavy (non-hydrogen) atoms. The number of carboxylic acids is 1. The maximum absolute atomic E-state index is 11.3. The Kier molecular flexibility index (Phi) is 5.78. The summed E-state index contributed by atoms with van der Waals surface area (Å²) >= 11 is 0. The molecule has 1 aromatic carbocycles. The fourth-order valence-corrected chi connectivity index (χ4v) is 1.37. The number of likely N-dealkylation sites (N-methyl/N-ethyl adjacent to an activating group) is 1. The molecule has 0 fully saturated rings. The van der Waals surface area contributed by atoms with E-state index < -0.39 is 11.9 Å². The molecule has 0 heterocycles. The van der Waals surface area contributed by atoms with Crippen molar-refractivity contribution in [3.05, 3.63) is 35.4 Å². The molecule has 6 heteroatoms. The minimum atomic E-state index is -0.922. The average molecular weight is 274 g/mol. The molecule has 0 radical (unpaired) electrons. The van der Waals surface area contributed by atoms with Crippen LogP contribution in [0.2, 0.25) is 0 Å². The second-order valence-electron chi connectivity index (χ2n) is 3.81. The molecule has 0 aliphatic carbocycles. The standard InChI is InChI=1S/C14H14N2O4/c1-16-14(19)11(9-15)8-10-2-4-12(5-3-10)20-7-6-13(17)18/h2-5,8H,6-7H2,1H3,(H,16,19)(H,17,18)/b11-8-. The summed E-state index contributed by atoms with van der Waals surface area (Å²) in [5, 5.41) is 19.7. The first kappa shape index (κ1) is 15.2. The molecular weight excluding hydrogens is 260 g/mol. The number of carboxylic acid groups (broad SMARTS) is 1. The van der Waals surface area contributed by atoms with E-state index in [9.17, 15) is 9.59 Å². The lowest BCUT2D eigenvalue weighted by atomic mass is 10.1. The van der Waals surface area contributed by atoms with Crippen molar-refractivity contribution in [2.45, 2.75) is 6.42 Å². The van der Waals surface area contributed by atoms with E-state index in [1.54, 1.807) is 24.3 Å². The summed E-state index contributed by atoms with van der Waals surface area (Å²) in [5.74, 6) is -0.843. The number of carbonyl (C=O) groups is 2. The molecule has 0 aliphatic heterocycles. The molecule has 1 rings (SSSR count). The number of carbonyl (C=O) groups excluding carboxylic acids is 1. The van der Waals surface area contributed by atoms with E-state index in [1.807, 2.05) is 6.07 Å². The van der Waals surface area contributed by atoms with Crippen molar-refractivity contribution in [1.29, 1.82) is 5.26 Å². The highest BCUT2D eigenvalue weighted by molar-refractivity contribution is 6.01. The van der Waals surface area contributed by atoms with Gasteiger partial charge in [-0.1, -0.05) is 12.1 Å². The van der Waals surface area contributed by atoms with Gasteiger partial charge in [-0.3, -0.25) is 9.59 Å². The van der Waals surface area contributed by atoms with E-state index in [1.165, 1.54) is 13.1 Å². The smallest absolute Gasteiger partial charge is 0.306 e. The number of nitrogens with one attached hydrogen (secondary N) is 1. The van der Waals surface area contributed by atoms with Crippen LogP contribution in [0.4, 0.5) is 0 Å². The highest BCUT2D eigenvalue weighted by Gasteiger charge is 2.06. The predicted molar refractivity (Wildman–Crippen MR) is 71.8 cm³/mol. The lowest BCUT2D eigenvalue weighted by Crippen LogP contribution is -2.19. The van der Waals surface area contributed by atoms with E-state index in [0.717, 1.165) is 0 Å². The molecule has 0 spiro atoms. The van der Waals surface area contributed by atoms with Gasteiger partial charge in [-0.15, -0.1) is 0 Å². The SMILES string of the molecule is CNC(=O)/C(C#N)=C\c1ccc(OCCC(=O)O)cc1. The van der Waals surface area contributed by atoms with Gasteiger partial charge >= 0.3 is 5.97 Å². The van der Waals surface area contributed by atoms with Gasteiger partial charge in [0.05, 0.1) is 13.0 Å². The van der Waals surface area contributed by atoms with Crippen LogP contribution in [0.15, 0.2) is 29.8 Å². The zero-order chi connectivity index (χ0) is 15.0. The van der Waals surface area contributed by atoms with E-state index in [2.05, 4.69) is 5.32 Å². The zero-order valence-electron chi connectivity index (χ0n) is 10.9. The van der Waals surface area contributed by atoms with Gasteiger partial charge in [-0.25, -0.2) is 0 Å². The number of ether oxygens (including phenoxy) is 1. The third kappa shape index (κ3) is 4.82. The fourth-order valence-electron chi connectivity index (χ4n) is 1.37. The molecule has 1 amide bonds. The zero-order valence-corrected chi connectivity index (χ0v) is 10.9. The third-order valence-corrected chi connectivity index (χ3v) is 2.37. The Hall–Kier alpha value is -2.81. The second-order valence-corrected chi connectivity index (χ2v) is 3.81. The molecule has 1 aromatic rings. The van der Waals surface area contributed by atoms with Gasteiger partial charge in [-0.05, 0) is 23.8 Å². The Morgan fingerprint density at radius 3 is 2.55 bits per heavy atom. The normalized spacial score (nSPS) is 10.5. The molecular formula is C14H14N2O4. The summed E-state index contributed by atoms with van der Waals surface area (Å²) in [4.78, 5) is 21.7. The number of rotatable bonds is 6. The van der Waals surface area contributed by atoms with Gasteiger partial charge in [0.25, 0.3) is 5.91 Å². The van der Waals surface area contributed by atoms with Crippen LogP contribution in [0.25, 0.3) is 6.08 Å². The number of hydrogen-bond donors (Lipinski definition) is 2. The van der Waals surface area contributed by atoms with Crippen molar-refractivity contribution in [1.82, 2.24) is 5.32 Å². The molecule has 0 bridgehead atoms. The molecule has 0 unspecified atom stereocenters. The number of hydrogen-bond acceptors (Lipinski definition) is 4. The van der Waals surface area contributed by atoms with Crippen molar-refractivity contribution < 1.29 is 19.4 Å². The van der Waals surface area contributed by atoms with Crippen molar-refractivity contribution in [3.63, 3.8) is 0 Å². The highest BCUT2D eigenvalue weighted by Crippen LogP contribution is 2.14. The van der Waals surface area contributed by atoms with Crippen LogP contribution in [-0.4, -0.2) is 30.6 Å². The van der Waals surface area contributed by atoms with E-state index in [-0.39, 0.29) is 18.6 Å². The van der Waals surface area contributed by atoms with Crippen LogP contribution in [0.3, 0.4) is 0 Å². The molecule has 0 aliphatic rings. The molecule has 0 saturated carbocycles. The lowest BCUT2D eigenvalue weighted by Gasteiger charge is -2.04. The summed E-state index contributed by atoms with van der Waals surface area (Å²) < 4.78 is 5.23. The molecule has 0 atom stereocenters. The maximum atomic E-state index is 11.3. The Labute approximate surface area is 116 Å². The van der Waals surface area contributed by atoms with Crippen molar-refractivity contribution in [3.8, 4) is 11.8 Å². The first-order valence-electron chi connectivity index (χ1n) is 5.85. The number of aliphatic carboxylic acids is 1. The molecule has 104 valence electrons. The summed E-state index contributed by atoms with van der Waals surface area (Å²) in [5.41, 5.74) is 0.683. The Bertz CT molecular complexity index is 556. The minimum Gasteiger partial charge on any atom is -0.493 e. The number of nitriles is 1. The summed E-state index contributed by atoms with van der Waals surface area (Å²) in [7, 11) is 1.45. The highest BCUT2D eigenvalue weighted by atomic mass is 16.5. The number of nitrogens with zero attached hydrogens (tertiary/aromatic N) is 1. The monoisotopic (exact) mass is 274 g/mol. The largest absolute Gasteiger partial charge is 0.493 e. The first-order valence-corrected chi connectivity index (χ1v) is 5.85. The van der Waals surface area contributed by atoms with Gasteiger partial charge in [0, 0.05) is 7.05 Å². The Morgan fingerprint density at radius 1 is 1.40 bits per heavy atom. The fraction of sp³-hybridized carbons (Fsp3) is 0.214. The summed E-state index contributed by atoms with van der Waals surface area (Å²) in [6, 6.07) is 8.46. The molecule has 2 N–H and O–H groups in total. The lowest BCUT2D eigenvalue weighted by molar-refractivity contribution is -0.137. The van der Waals surface area contributed by atoms with Gasteiger partial charge in [0.2, 0.25) is 0 Å². The van der Waals surface area contributed by atoms with E-state index in [4.69, 9.17) is 15.1 Å². The first-order chi connectivity index (χ1) is 9.56.